The number of carbonyl (C=O) groups excluding carboxylic acids is 1. The third-order valence-electron chi connectivity index (χ3n) is 3.05. The molecule has 1 rings (SSSR count). The van der Waals surface area contributed by atoms with Crippen molar-refractivity contribution in [2.45, 2.75) is 45.7 Å². The van der Waals surface area contributed by atoms with Crippen molar-refractivity contribution in [1.82, 2.24) is 5.32 Å². The summed E-state index contributed by atoms with van der Waals surface area (Å²) in [4.78, 5) is 11.6. The summed E-state index contributed by atoms with van der Waals surface area (Å²) < 4.78 is 4.78. The average Bonchev–Trinajstić information content (AvgIpc) is 2.42. The van der Waals surface area contributed by atoms with E-state index in [0.717, 1.165) is 12.0 Å². The topological polar surface area (TPSA) is 38.3 Å². The maximum absolute atomic E-state index is 11.6. The molecular weight excluding hydrogens is 226 g/mol. The van der Waals surface area contributed by atoms with Gasteiger partial charge in [-0.15, -0.1) is 0 Å². The van der Waals surface area contributed by atoms with E-state index in [1.165, 1.54) is 20.0 Å². The van der Waals surface area contributed by atoms with Gasteiger partial charge in [0.1, 0.15) is 0 Å². The summed E-state index contributed by atoms with van der Waals surface area (Å²) in [6.45, 7) is 5.08. The third-order valence-corrected chi connectivity index (χ3v) is 3.05. The van der Waals surface area contributed by atoms with Gasteiger partial charge in [-0.05, 0) is 25.0 Å². The Kier molecular flexibility index (Phi) is 6.44. The molecule has 1 aromatic rings. The molecule has 0 aliphatic rings. The highest BCUT2D eigenvalue weighted by molar-refractivity contribution is 5.90. The number of benzene rings is 1. The van der Waals surface area contributed by atoms with Crippen molar-refractivity contribution >= 4 is 5.97 Å². The van der Waals surface area contributed by atoms with Gasteiger partial charge >= 0.3 is 5.97 Å². The fourth-order valence-corrected chi connectivity index (χ4v) is 1.88. The van der Waals surface area contributed by atoms with Crippen molar-refractivity contribution < 1.29 is 9.53 Å². The zero-order chi connectivity index (χ0) is 13.4. The van der Waals surface area contributed by atoms with E-state index in [-0.39, 0.29) is 5.97 Å². The van der Waals surface area contributed by atoms with Crippen LogP contribution in [0.15, 0.2) is 24.3 Å². The van der Waals surface area contributed by atoms with E-state index in [9.17, 15) is 4.79 Å². The number of ether oxygens (including phenoxy) is 1. The monoisotopic (exact) mass is 249 g/mol. The van der Waals surface area contributed by atoms with E-state index in [4.69, 9.17) is 4.74 Å². The fraction of sp³-hybridized carbons (Fsp3) is 0.533. The maximum Gasteiger partial charge on any atom is 0.338 e. The number of unbranched alkanes of at least 4 members (excludes halogenated alkanes) is 1. The number of rotatable bonds is 7. The molecule has 3 heteroatoms. The molecule has 1 unspecified atom stereocenters. The molecule has 3 nitrogen and oxygen atoms in total. The van der Waals surface area contributed by atoms with Crippen molar-refractivity contribution in [3.05, 3.63) is 35.4 Å². The van der Waals surface area contributed by atoms with Crippen molar-refractivity contribution in [2.24, 2.45) is 0 Å². The second-order valence-electron chi connectivity index (χ2n) is 4.57. The number of hydrogen-bond acceptors (Lipinski definition) is 3. The van der Waals surface area contributed by atoms with E-state index >= 15 is 0 Å². The van der Waals surface area contributed by atoms with Crippen LogP contribution in [0.1, 0.15) is 49.0 Å². The second-order valence-corrected chi connectivity index (χ2v) is 4.57. The molecule has 1 aromatic carbocycles. The molecule has 100 valence electrons. The molecule has 18 heavy (non-hydrogen) atoms. The van der Waals surface area contributed by atoms with Gasteiger partial charge in [-0.3, -0.25) is 0 Å². The van der Waals surface area contributed by atoms with Gasteiger partial charge in [0.2, 0.25) is 0 Å². The molecule has 1 atom stereocenters. The Morgan fingerprint density at radius 1 is 1.39 bits per heavy atom. The van der Waals surface area contributed by atoms with Gasteiger partial charge < -0.3 is 10.1 Å². The molecule has 0 aromatic heterocycles. The summed E-state index contributed by atoms with van der Waals surface area (Å²) >= 11 is 0. The molecule has 1 N–H and O–H groups in total. The Balaban J connectivity index is 2.59. The number of nitrogens with one attached hydrogen (secondary N) is 1. The molecule has 0 bridgehead atoms. The molecule has 0 saturated heterocycles. The lowest BCUT2D eigenvalue weighted by atomic mass is 10.1. The third kappa shape index (κ3) is 4.49. The van der Waals surface area contributed by atoms with E-state index in [1.54, 1.807) is 6.07 Å². The minimum Gasteiger partial charge on any atom is -0.465 e. The highest BCUT2D eigenvalue weighted by atomic mass is 16.5. The fourth-order valence-electron chi connectivity index (χ4n) is 1.88. The van der Waals surface area contributed by atoms with Gasteiger partial charge in [0.15, 0.2) is 0 Å². The first kappa shape index (κ1) is 14.7. The van der Waals surface area contributed by atoms with Crippen LogP contribution in [-0.2, 0) is 11.3 Å². The predicted octanol–water partition coefficient (Wildman–Crippen LogP) is 3.14. The van der Waals surface area contributed by atoms with E-state index in [1.807, 2.05) is 18.2 Å². The molecular formula is C15H23NO2. The molecule has 0 aliphatic heterocycles. The summed E-state index contributed by atoms with van der Waals surface area (Å²) in [5.41, 5.74) is 1.64. The van der Waals surface area contributed by atoms with Crippen molar-refractivity contribution in [2.75, 3.05) is 7.11 Å². The summed E-state index contributed by atoms with van der Waals surface area (Å²) in [7, 11) is 1.41. The van der Waals surface area contributed by atoms with Gasteiger partial charge in [0, 0.05) is 12.6 Å². The number of hydrogen-bond donors (Lipinski definition) is 1. The minimum absolute atomic E-state index is 0.270. The SMILES string of the molecule is CCCCC(C)NCc1ccccc1C(=O)OC. The van der Waals surface area contributed by atoms with Gasteiger partial charge in [-0.2, -0.15) is 0 Å². The van der Waals surface area contributed by atoms with Crippen LogP contribution in [0.5, 0.6) is 0 Å². The average molecular weight is 249 g/mol. The van der Waals surface area contributed by atoms with Crippen molar-refractivity contribution in [1.29, 1.82) is 0 Å². The first-order valence-corrected chi connectivity index (χ1v) is 6.58. The van der Waals surface area contributed by atoms with Crippen LogP contribution >= 0.6 is 0 Å². The highest BCUT2D eigenvalue weighted by Gasteiger charge is 2.11. The molecule has 0 aliphatic carbocycles. The van der Waals surface area contributed by atoms with Gasteiger partial charge in [-0.25, -0.2) is 4.79 Å². The van der Waals surface area contributed by atoms with Crippen LogP contribution in [0.25, 0.3) is 0 Å². The summed E-state index contributed by atoms with van der Waals surface area (Å²) in [6.07, 6.45) is 3.61. The van der Waals surface area contributed by atoms with E-state index < -0.39 is 0 Å². The lowest BCUT2D eigenvalue weighted by Gasteiger charge is -2.14. The lowest BCUT2D eigenvalue weighted by molar-refractivity contribution is 0.0599. The van der Waals surface area contributed by atoms with Crippen LogP contribution in [-0.4, -0.2) is 19.1 Å². The molecule has 0 heterocycles. The van der Waals surface area contributed by atoms with Crippen LogP contribution < -0.4 is 5.32 Å². The first-order valence-electron chi connectivity index (χ1n) is 6.58. The molecule has 0 spiro atoms. The standard InChI is InChI=1S/C15H23NO2/c1-4-5-8-12(2)16-11-13-9-6-7-10-14(13)15(17)18-3/h6-7,9-10,12,16H,4-5,8,11H2,1-3H3. The molecule has 0 fully saturated rings. The largest absolute Gasteiger partial charge is 0.465 e. The maximum atomic E-state index is 11.6. The first-order chi connectivity index (χ1) is 8.69. The number of methoxy groups -OCH3 is 1. The van der Waals surface area contributed by atoms with Gasteiger partial charge in [0.05, 0.1) is 12.7 Å². The lowest BCUT2D eigenvalue weighted by Crippen LogP contribution is -2.26. The summed E-state index contributed by atoms with van der Waals surface area (Å²) in [5, 5.41) is 3.45. The predicted molar refractivity (Wildman–Crippen MR) is 73.6 cm³/mol. The van der Waals surface area contributed by atoms with E-state index in [2.05, 4.69) is 19.2 Å². The van der Waals surface area contributed by atoms with Crippen molar-refractivity contribution in [3.8, 4) is 0 Å². The highest BCUT2D eigenvalue weighted by Crippen LogP contribution is 2.10. The molecule has 0 saturated carbocycles. The number of carbonyl (C=O) groups is 1. The summed E-state index contributed by atoms with van der Waals surface area (Å²) in [5.74, 6) is -0.270. The zero-order valence-electron chi connectivity index (χ0n) is 11.5. The van der Waals surface area contributed by atoms with Crippen molar-refractivity contribution in [3.63, 3.8) is 0 Å². The Hall–Kier alpha value is -1.35. The van der Waals surface area contributed by atoms with Crippen LogP contribution in [0.4, 0.5) is 0 Å². The quantitative estimate of drug-likeness (QED) is 0.754. The molecule has 0 radical (unpaired) electrons. The second kappa shape index (κ2) is 7.88. The van der Waals surface area contributed by atoms with Crippen LogP contribution in [0.3, 0.4) is 0 Å². The molecule has 0 amide bonds. The van der Waals surface area contributed by atoms with E-state index in [0.29, 0.717) is 18.2 Å². The normalized spacial score (nSPS) is 12.2. The summed E-state index contributed by atoms with van der Waals surface area (Å²) in [6, 6.07) is 8.04. The smallest absolute Gasteiger partial charge is 0.338 e. The Labute approximate surface area is 110 Å². The Bertz CT molecular complexity index is 377. The zero-order valence-corrected chi connectivity index (χ0v) is 11.5. The van der Waals surface area contributed by atoms with Crippen LogP contribution in [0, 0.1) is 0 Å². The Morgan fingerprint density at radius 3 is 2.78 bits per heavy atom. The van der Waals surface area contributed by atoms with Gasteiger partial charge in [-0.1, -0.05) is 38.0 Å². The number of esters is 1. The minimum atomic E-state index is -0.270. The van der Waals surface area contributed by atoms with Gasteiger partial charge in [0.25, 0.3) is 0 Å². The van der Waals surface area contributed by atoms with Crippen LogP contribution in [0.2, 0.25) is 0 Å². The Morgan fingerprint density at radius 2 is 2.11 bits per heavy atom.